The fraction of sp³-hybridized carbons (Fsp3) is 0.364. The predicted molar refractivity (Wildman–Crippen MR) is 124 cm³/mol. The third-order valence-corrected chi connectivity index (χ3v) is 7.32. The van der Waals surface area contributed by atoms with Crippen molar-refractivity contribution in [1.29, 1.82) is 0 Å². The summed E-state index contributed by atoms with van der Waals surface area (Å²) in [6.07, 6.45) is 2.11. The van der Waals surface area contributed by atoms with Crippen LogP contribution in [0, 0.1) is 6.92 Å². The van der Waals surface area contributed by atoms with Crippen LogP contribution in [0.15, 0.2) is 38.6 Å². The van der Waals surface area contributed by atoms with E-state index in [0.717, 1.165) is 16.2 Å². The molecule has 4 rings (SSSR count). The minimum atomic E-state index is -3.62. The second-order valence-corrected chi connectivity index (χ2v) is 10.2. The molecular weight excluding hydrogens is 462 g/mol. The van der Waals surface area contributed by atoms with Crippen molar-refractivity contribution in [3.05, 3.63) is 52.0 Å². The van der Waals surface area contributed by atoms with Crippen molar-refractivity contribution < 1.29 is 22.4 Å². The van der Waals surface area contributed by atoms with Crippen LogP contribution in [0.3, 0.4) is 0 Å². The topological polar surface area (TPSA) is 130 Å². The maximum absolute atomic E-state index is 12.9. The highest BCUT2D eigenvalue weighted by atomic mass is 32.2. The molecule has 0 amide bonds. The van der Waals surface area contributed by atoms with Crippen LogP contribution in [0.25, 0.3) is 22.1 Å². The number of esters is 1. The first kappa shape index (κ1) is 23.6. The van der Waals surface area contributed by atoms with Crippen molar-refractivity contribution in [3.63, 3.8) is 0 Å². The van der Waals surface area contributed by atoms with Crippen LogP contribution in [0.2, 0.25) is 0 Å². The minimum Gasteiger partial charge on any atom is -0.454 e. The summed E-state index contributed by atoms with van der Waals surface area (Å²) in [6.45, 7) is 3.99. The van der Waals surface area contributed by atoms with Gasteiger partial charge in [-0.05, 0) is 31.5 Å². The maximum Gasteiger partial charge on any atom is 0.343 e. The zero-order valence-electron chi connectivity index (χ0n) is 19.5. The largest absolute Gasteiger partial charge is 0.454 e. The second kappa shape index (κ2) is 8.69. The van der Waals surface area contributed by atoms with Crippen molar-refractivity contribution in [1.82, 2.24) is 23.4 Å². The summed E-state index contributed by atoms with van der Waals surface area (Å²) in [6, 6.07) is 4.74. The third-order valence-electron chi connectivity index (χ3n) is 5.51. The second-order valence-electron chi connectivity index (χ2n) is 8.07. The molecule has 0 aliphatic rings. The lowest BCUT2D eigenvalue weighted by Gasteiger charge is -2.11. The molecule has 0 bridgehead atoms. The number of aryl methyl sites for hydroxylation is 3. The smallest absolute Gasteiger partial charge is 0.343 e. The van der Waals surface area contributed by atoms with Gasteiger partial charge >= 0.3 is 5.97 Å². The number of furan rings is 1. The molecule has 0 saturated carbocycles. The molecule has 11 nitrogen and oxygen atoms in total. The Morgan fingerprint density at radius 3 is 2.68 bits per heavy atom. The van der Waals surface area contributed by atoms with E-state index in [2.05, 4.69) is 9.97 Å². The first-order valence-electron chi connectivity index (χ1n) is 10.6. The summed E-state index contributed by atoms with van der Waals surface area (Å²) in [7, 11) is 0.835. The number of fused-ring (bicyclic) bond motifs is 2. The van der Waals surface area contributed by atoms with Gasteiger partial charge in [-0.25, -0.2) is 27.5 Å². The van der Waals surface area contributed by atoms with Gasteiger partial charge in [0, 0.05) is 27.7 Å². The molecule has 0 aliphatic heterocycles. The quantitative estimate of drug-likeness (QED) is 0.363. The number of benzene rings is 1. The summed E-state index contributed by atoms with van der Waals surface area (Å²) >= 11 is 0. The first-order valence-corrected chi connectivity index (χ1v) is 12.0. The lowest BCUT2D eigenvalue weighted by molar-refractivity contribution is 0.0458. The van der Waals surface area contributed by atoms with E-state index in [1.54, 1.807) is 13.0 Å². The SMILES string of the molecule is CCCn1c(COC(=O)c2c(C)oc3ncn(C)c(=O)c23)nc2cc(S(=O)(=O)N(C)C)ccc21. The van der Waals surface area contributed by atoms with Crippen molar-refractivity contribution >= 4 is 38.1 Å². The standard InChI is InChI=1S/C22H25N5O6S/c1-6-9-27-16-8-7-14(34(30,31)25(3)4)10-15(16)24-17(27)11-32-22(29)18-13(2)33-20-19(18)21(28)26(5)12-23-20/h7-8,10,12H,6,9,11H2,1-5H3. The molecule has 0 saturated heterocycles. The molecule has 0 radical (unpaired) electrons. The van der Waals surface area contributed by atoms with Crippen molar-refractivity contribution in [2.45, 2.75) is 38.3 Å². The van der Waals surface area contributed by atoms with Crippen LogP contribution in [0.4, 0.5) is 0 Å². The van der Waals surface area contributed by atoms with Gasteiger partial charge in [-0.2, -0.15) is 0 Å². The van der Waals surface area contributed by atoms with Gasteiger partial charge < -0.3 is 18.3 Å². The third kappa shape index (κ3) is 3.88. The molecule has 3 aromatic heterocycles. The van der Waals surface area contributed by atoms with Gasteiger partial charge in [0.2, 0.25) is 15.7 Å². The zero-order chi connectivity index (χ0) is 24.8. The molecule has 0 unspecified atom stereocenters. The van der Waals surface area contributed by atoms with E-state index >= 15 is 0 Å². The number of hydrogen-bond donors (Lipinski definition) is 0. The van der Waals surface area contributed by atoms with Gasteiger partial charge in [0.05, 0.1) is 15.9 Å². The van der Waals surface area contributed by atoms with Gasteiger partial charge in [0.1, 0.15) is 35.5 Å². The Kier molecular flexibility index (Phi) is 6.04. The number of carbonyl (C=O) groups excluding carboxylic acids is 1. The summed E-state index contributed by atoms with van der Waals surface area (Å²) in [5, 5.41) is 0.0631. The minimum absolute atomic E-state index is 0.0289. The van der Waals surface area contributed by atoms with Gasteiger partial charge in [0.15, 0.2) is 0 Å². The monoisotopic (exact) mass is 487 g/mol. The fourth-order valence-corrected chi connectivity index (χ4v) is 4.67. The van der Waals surface area contributed by atoms with E-state index in [9.17, 15) is 18.0 Å². The summed E-state index contributed by atoms with van der Waals surface area (Å²) < 4.78 is 40.3. The molecule has 0 spiro atoms. The van der Waals surface area contributed by atoms with E-state index in [0.29, 0.717) is 17.9 Å². The summed E-state index contributed by atoms with van der Waals surface area (Å²) in [5.41, 5.74) is 0.891. The van der Waals surface area contributed by atoms with Gasteiger partial charge in [-0.15, -0.1) is 0 Å². The lowest BCUT2D eigenvalue weighted by atomic mass is 10.2. The normalized spacial score (nSPS) is 12.2. The highest BCUT2D eigenvalue weighted by molar-refractivity contribution is 7.89. The number of aromatic nitrogens is 4. The molecular formula is C22H25N5O6S. The molecule has 3 heterocycles. The Balaban J connectivity index is 1.70. The van der Waals surface area contributed by atoms with Crippen LogP contribution in [-0.4, -0.2) is 51.9 Å². The molecule has 34 heavy (non-hydrogen) atoms. The molecule has 0 atom stereocenters. The molecule has 0 fully saturated rings. The van der Waals surface area contributed by atoms with E-state index in [1.807, 2.05) is 11.5 Å². The molecule has 180 valence electrons. The summed E-state index contributed by atoms with van der Waals surface area (Å²) in [4.78, 5) is 34.2. The zero-order valence-corrected chi connectivity index (χ0v) is 20.3. The molecule has 12 heteroatoms. The predicted octanol–water partition coefficient (Wildman–Crippen LogP) is 2.20. The molecule has 4 aromatic rings. The maximum atomic E-state index is 12.9. The van der Waals surface area contributed by atoms with Gasteiger partial charge in [-0.3, -0.25) is 4.79 Å². The summed E-state index contributed by atoms with van der Waals surface area (Å²) in [5.74, 6) is -0.0372. The molecule has 1 aromatic carbocycles. The van der Waals surface area contributed by atoms with Gasteiger partial charge in [-0.1, -0.05) is 6.92 Å². The lowest BCUT2D eigenvalue weighted by Crippen LogP contribution is -2.22. The highest BCUT2D eigenvalue weighted by Gasteiger charge is 2.25. The molecule has 0 N–H and O–H groups in total. The van der Waals surface area contributed by atoms with Crippen LogP contribution in [-0.2, 0) is 35.0 Å². The van der Waals surface area contributed by atoms with Crippen molar-refractivity contribution in [3.8, 4) is 0 Å². The van der Waals surface area contributed by atoms with Crippen molar-refractivity contribution in [2.24, 2.45) is 7.05 Å². The Labute approximate surface area is 195 Å². The average Bonchev–Trinajstić information content (AvgIpc) is 3.31. The number of hydrogen-bond acceptors (Lipinski definition) is 8. The van der Waals surface area contributed by atoms with Crippen LogP contribution >= 0.6 is 0 Å². The van der Waals surface area contributed by atoms with Crippen LogP contribution in [0.5, 0.6) is 0 Å². The van der Waals surface area contributed by atoms with E-state index in [1.165, 1.54) is 44.2 Å². The number of imidazole rings is 1. The van der Waals surface area contributed by atoms with Gasteiger partial charge in [0.25, 0.3) is 5.56 Å². The fourth-order valence-electron chi connectivity index (χ4n) is 3.75. The van der Waals surface area contributed by atoms with E-state index in [4.69, 9.17) is 9.15 Å². The number of nitrogens with zero attached hydrogens (tertiary/aromatic N) is 5. The average molecular weight is 488 g/mol. The Bertz CT molecular complexity index is 1580. The van der Waals surface area contributed by atoms with E-state index < -0.39 is 21.6 Å². The Hall–Kier alpha value is -3.51. The van der Waals surface area contributed by atoms with E-state index in [-0.39, 0.29) is 33.9 Å². The number of rotatable bonds is 7. The number of carbonyl (C=O) groups is 1. The number of ether oxygens (including phenoxy) is 1. The highest BCUT2D eigenvalue weighted by Crippen LogP contribution is 2.25. The Morgan fingerprint density at radius 1 is 1.26 bits per heavy atom. The first-order chi connectivity index (χ1) is 16.1. The van der Waals surface area contributed by atoms with Crippen LogP contribution in [0.1, 0.15) is 35.3 Å². The van der Waals surface area contributed by atoms with Crippen LogP contribution < -0.4 is 5.56 Å². The number of sulfonamides is 1. The molecule has 0 aliphatic carbocycles. The Morgan fingerprint density at radius 2 is 2.00 bits per heavy atom. The van der Waals surface area contributed by atoms with Crippen molar-refractivity contribution in [2.75, 3.05) is 14.1 Å².